The third kappa shape index (κ3) is 1.43. The third-order valence-corrected chi connectivity index (χ3v) is 2.83. The number of hydrazine groups is 1. The highest BCUT2D eigenvalue weighted by Gasteiger charge is 2.61. The molecule has 1 saturated heterocycles. The van der Waals surface area contributed by atoms with Crippen molar-refractivity contribution in [3.05, 3.63) is 35.4 Å². The summed E-state index contributed by atoms with van der Waals surface area (Å²) in [5.41, 5.74) is 1.21. The van der Waals surface area contributed by atoms with Crippen LogP contribution in [-0.4, -0.2) is 22.8 Å². The molecule has 2 aliphatic heterocycles. The van der Waals surface area contributed by atoms with Crippen molar-refractivity contribution in [1.29, 1.82) is 0 Å². The Hall–Kier alpha value is -1.64. The molecular weight excluding hydrogens is 270 g/mol. The minimum absolute atomic E-state index is 0.126. The normalized spacial score (nSPS) is 31.8. The molecule has 96 valence electrons. The van der Waals surface area contributed by atoms with E-state index >= 15 is 0 Å². The highest BCUT2D eigenvalue weighted by molar-refractivity contribution is 6.19. The lowest BCUT2D eigenvalue weighted by atomic mass is 9.93. The van der Waals surface area contributed by atoms with E-state index in [0.29, 0.717) is 5.70 Å². The Morgan fingerprint density at radius 3 is 2.94 bits per heavy atom. The fourth-order valence-corrected chi connectivity index (χ4v) is 2.08. The van der Waals surface area contributed by atoms with E-state index in [1.165, 1.54) is 18.4 Å². The summed E-state index contributed by atoms with van der Waals surface area (Å²) in [4.78, 5) is 3.89. The van der Waals surface area contributed by atoms with E-state index in [2.05, 4.69) is 19.9 Å². The Bertz CT molecular complexity index is 531. The zero-order valence-corrected chi connectivity index (χ0v) is 9.49. The molecular formula is C9H7ClF2N4O2. The van der Waals surface area contributed by atoms with Crippen LogP contribution in [0.5, 0.6) is 0 Å². The highest BCUT2D eigenvalue weighted by atomic mass is 35.5. The zero-order chi connectivity index (χ0) is 13.0. The second-order valence-corrected chi connectivity index (χ2v) is 4.09. The first-order valence-corrected chi connectivity index (χ1v) is 5.19. The Kier molecular flexibility index (Phi) is 2.19. The largest absolute Gasteiger partial charge is 0.537 e. The van der Waals surface area contributed by atoms with E-state index < -0.39 is 12.0 Å². The van der Waals surface area contributed by atoms with Crippen LogP contribution in [0.15, 0.2) is 40.4 Å². The van der Waals surface area contributed by atoms with Gasteiger partial charge in [0.25, 0.3) is 5.72 Å². The number of halogens is 3. The molecule has 18 heavy (non-hydrogen) atoms. The lowest BCUT2D eigenvalue weighted by Gasteiger charge is -2.32. The molecule has 1 aliphatic carbocycles. The van der Waals surface area contributed by atoms with E-state index in [-0.39, 0.29) is 11.3 Å². The van der Waals surface area contributed by atoms with Crippen molar-refractivity contribution >= 4 is 18.1 Å². The standard InChI is InChI=1S/C9H7ClF2N4O2/c10-16-3-5-6(15-13)1-2-7-8(5,14-4-16)18-9(11,12)17-7/h1-4,15H,13H2. The monoisotopic (exact) mass is 276 g/mol. The summed E-state index contributed by atoms with van der Waals surface area (Å²) >= 11 is 5.73. The van der Waals surface area contributed by atoms with Crippen LogP contribution in [0.3, 0.4) is 0 Å². The van der Waals surface area contributed by atoms with Gasteiger partial charge in [0.1, 0.15) is 6.34 Å². The molecule has 2 heterocycles. The van der Waals surface area contributed by atoms with Crippen LogP contribution in [0.25, 0.3) is 0 Å². The Labute approximate surface area is 105 Å². The lowest BCUT2D eigenvalue weighted by molar-refractivity contribution is -0.349. The molecule has 0 radical (unpaired) electrons. The predicted octanol–water partition coefficient (Wildman–Crippen LogP) is 0.906. The summed E-state index contributed by atoms with van der Waals surface area (Å²) in [5, 5.41) is 0. The maximum atomic E-state index is 13.2. The summed E-state index contributed by atoms with van der Waals surface area (Å²) < 4.78 is 36.6. The Morgan fingerprint density at radius 1 is 1.44 bits per heavy atom. The number of hydrogen-bond donors (Lipinski definition) is 2. The predicted molar refractivity (Wildman–Crippen MR) is 57.6 cm³/mol. The molecule has 0 aromatic carbocycles. The van der Waals surface area contributed by atoms with Crippen LogP contribution >= 0.6 is 11.8 Å². The molecule has 3 rings (SSSR count). The van der Waals surface area contributed by atoms with Crippen LogP contribution in [0, 0.1) is 0 Å². The van der Waals surface area contributed by atoms with Crippen LogP contribution in [0.4, 0.5) is 8.78 Å². The summed E-state index contributed by atoms with van der Waals surface area (Å²) in [5.74, 6) is 5.19. The van der Waals surface area contributed by atoms with Gasteiger partial charge in [0, 0.05) is 18.0 Å². The highest BCUT2D eigenvalue weighted by Crippen LogP contribution is 2.50. The van der Waals surface area contributed by atoms with Gasteiger partial charge in [0.15, 0.2) is 5.76 Å². The number of rotatable bonds is 1. The molecule has 3 N–H and O–H groups in total. The molecule has 0 saturated carbocycles. The van der Waals surface area contributed by atoms with Crippen LogP contribution in [0.2, 0.25) is 0 Å². The summed E-state index contributed by atoms with van der Waals surface area (Å²) in [6.07, 6.45) is 1.53. The topological polar surface area (TPSA) is 72.1 Å². The molecule has 1 spiro atoms. The number of nitrogens with zero attached hydrogens (tertiary/aromatic N) is 2. The van der Waals surface area contributed by atoms with E-state index in [0.717, 1.165) is 10.8 Å². The van der Waals surface area contributed by atoms with Crippen LogP contribution < -0.4 is 11.3 Å². The third-order valence-electron chi connectivity index (χ3n) is 2.64. The van der Waals surface area contributed by atoms with Gasteiger partial charge >= 0.3 is 6.29 Å². The Morgan fingerprint density at radius 2 is 2.22 bits per heavy atom. The van der Waals surface area contributed by atoms with Gasteiger partial charge in [-0.15, -0.1) is 8.78 Å². The van der Waals surface area contributed by atoms with Crippen molar-refractivity contribution in [3.63, 3.8) is 0 Å². The first-order chi connectivity index (χ1) is 8.47. The average Bonchev–Trinajstić information content (AvgIpc) is 2.57. The van der Waals surface area contributed by atoms with Gasteiger partial charge in [-0.05, 0) is 12.2 Å². The molecule has 1 fully saturated rings. The maximum Gasteiger partial charge on any atom is 0.537 e. The number of allylic oxidation sites excluding steroid dienone is 2. The number of alkyl halides is 2. The van der Waals surface area contributed by atoms with E-state index in [4.69, 9.17) is 17.6 Å². The molecule has 1 unspecified atom stereocenters. The molecule has 0 bridgehead atoms. The number of nitrogens with two attached hydrogens (primary N) is 1. The van der Waals surface area contributed by atoms with Crippen LogP contribution in [0.1, 0.15) is 0 Å². The van der Waals surface area contributed by atoms with Crippen molar-refractivity contribution in [2.24, 2.45) is 10.8 Å². The maximum absolute atomic E-state index is 13.2. The molecule has 0 aromatic rings. The fourth-order valence-electron chi connectivity index (χ4n) is 1.94. The zero-order valence-electron chi connectivity index (χ0n) is 8.73. The van der Waals surface area contributed by atoms with Crippen molar-refractivity contribution in [3.8, 4) is 0 Å². The van der Waals surface area contributed by atoms with Crippen molar-refractivity contribution in [2.45, 2.75) is 12.0 Å². The number of ether oxygens (including phenoxy) is 2. The molecule has 0 amide bonds. The van der Waals surface area contributed by atoms with Crippen LogP contribution in [-0.2, 0) is 9.47 Å². The second kappa shape index (κ2) is 3.44. The molecule has 1 atom stereocenters. The SMILES string of the molecule is NNC1=CC=C2OC(F)(F)OC23N=CN(Cl)C=C13. The van der Waals surface area contributed by atoms with Gasteiger partial charge in [-0.2, -0.15) is 0 Å². The van der Waals surface area contributed by atoms with Gasteiger partial charge in [0.05, 0.1) is 11.3 Å². The van der Waals surface area contributed by atoms with E-state index in [1.54, 1.807) is 0 Å². The molecule has 0 aromatic heterocycles. The van der Waals surface area contributed by atoms with Crippen molar-refractivity contribution < 1.29 is 18.3 Å². The van der Waals surface area contributed by atoms with Gasteiger partial charge in [0.2, 0.25) is 0 Å². The molecule has 6 nitrogen and oxygen atoms in total. The van der Waals surface area contributed by atoms with Gasteiger partial charge in [-0.3, -0.25) is 5.84 Å². The first-order valence-electron chi connectivity index (χ1n) is 4.85. The fraction of sp³-hybridized carbons (Fsp3) is 0.222. The van der Waals surface area contributed by atoms with Gasteiger partial charge in [-0.25, -0.2) is 14.1 Å². The minimum Gasteiger partial charge on any atom is -0.408 e. The molecule has 3 aliphatic rings. The van der Waals surface area contributed by atoms with Gasteiger partial charge in [-0.1, -0.05) is 0 Å². The summed E-state index contributed by atoms with van der Waals surface area (Å²) in [6.45, 7) is 0. The summed E-state index contributed by atoms with van der Waals surface area (Å²) in [6, 6.07) is 0. The number of hydrogen-bond acceptors (Lipinski definition) is 6. The van der Waals surface area contributed by atoms with E-state index in [9.17, 15) is 8.78 Å². The minimum atomic E-state index is -3.76. The van der Waals surface area contributed by atoms with E-state index in [1.807, 2.05) is 0 Å². The Balaban J connectivity index is 2.15. The smallest absolute Gasteiger partial charge is 0.408 e. The van der Waals surface area contributed by atoms with Crippen molar-refractivity contribution in [2.75, 3.05) is 0 Å². The van der Waals surface area contributed by atoms with Gasteiger partial charge < -0.3 is 10.2 Å². The number of nitrogens with one attached hydrogen (secondary N) is 1. The second-order valence-electron chi connectivity index (χ2n) is 3.70. The molecule has 9 heteroatoms. The summed E-state index contributed by atoms with van der Waals surface area (Å²) in [7, 11) is 0. The first kappa shape index (κ1) is 11.5. The van der Waals surface area contributed by atoms with Crippen molar-refractivity contribution in [1.82, 2.24) is 9.84 Å². The average molecular weight is 277 g/mol. The number of aliphatic imine (C=N–C) groups is 1. The quantitative estimate of drug-likeness (QED) is 0.423. The lowest BCUT2D eigenvalue weighted by Crippen LogP contribution is -2.42.